The van der Waals surface area contributed by atoms with Crippen LogP contribution >= 0.6 is 11.8 Å². The lowest BCUT2D eigenvalue weighted by atomic mass is 9.98. The number of hydrogen-bond donors (Lipinski definition) is 3. The number of benzene rings is 1. The second-order valence-electron chi connectivity index (χ2n) is 10.1. The van der Waals surface area contributed by atoms with Crippen molar-refractivity contribution in [1.82, 2.24) is 20.9 Å². The maximum absolute atomic E-state index is 12.9. The molecule has 1 aromatic rings. The van der Waals surface area contributed by atoms with E-state index in [9.17, 15) is 4.79 Å². The van der Waals surface area contributed by atoms with E-state index < -0.39 is 0 Å². The first-order chi connectivity index (χ1) is 17.7. The smallest absolute Gasteiger partial charge is 0.246 e. The highest BCUT2D eigenvalue weighted by atomic mass is 32.2. The van der Waals surface area contributed by atoms with E-state index in [0.717, 1.165) is 36.8 Å². The van der Waals surface area contributed by atoms with E-state index in [0.29, 0.717) is 12.6 Å². The van der Waals surface area contributed by atoms with Crippen LogP contribution in [0.5, 0.6) is 0 Å². The number of hydrogen-bond acceptors (Lipinski definition) is 5. The summed E-state index contributed by atoms with van der Waals surface area (Å²) in [5, 5.41) is 10.5. The normalized spacial score (nSPS) is 24.9. The molecule has 2 fully saturated rings. The number of thioether (sulfide) groups is 1. The fraction of sp³-hybridized carbons (Fsp3) is 0.500. The van der Waals surface area contributed by atoms with Crippen molar-refractivity contribution in [2.45, 2.75) is 75.9 Å². The molecular formula is C30H40N4OS. The highest BCUT2D eigenvalue weighted by Crippen LogP contribution is 2.42. The van der Waals surface area contributed by atoms with Gasteiger partial charge in [0.15, 0.2) is 0 Å². The van der Waals surface area contributed by atoms with E-state index in [2.05, 4.69) is 69.6 Å². The number of carbonyl (C=O) groups is 1. The Kier molecular flexibility index (Phi) is 7.80. The molecule has 1 amide bonds. The fourth-order valence-corrected chi connectivity index (χ4v) is 5.63. The quantitative estimate of drug-likeness (QED) is 0.432. The molecule has 5 nitrogen and oxygen atoms in total. The Morgan fingerprint density at radius 3 is 2.58 bits per heavy atom. The third-order valence-corrected chi connectivity index (χ3v) is 8.28. The molecule has 2 atom stereocenters. The van der Waals surface area contributed by atoms with Gasteiger partial charge in [0.05, 0.1) is 5.70 Å². The van der Waals surface area contributed by atoms with Crippen LogP contribution in [0, 0.1) is 11.8 Å². The van der Waals surface area contributed by atoms with Gasteiger partial charge in [0, 0.05) is 41.1 Å². The minimum atomic E-state index is -0.317. The van der Waals surface area contributed by atoms with E-state index in [-0.39, 0.29) is 11.9 Å². The van der Waals surface area contributed by atoms with Crippen molar-refractivity contribution in [3.05, 3.63) is 76.9 Å². The monoisotopic (exact) mass is 504 g/mol. The van der Waals surface area contributed by atoms with Crippen molar-refractivity contribution < 1.29 is 4.79 Å². The van der Waals surface area contributed by atoms with Gasteiger partial charge in [0.1, 0.15) is 6.04 Å². The molecule has 36 heavy (non-hydrogen) atoms. The summed E-state index contributed by atoms with van der Waals surface area (Å²) in [5.41, 5.74) is 6.33. The molecule has 0 saturated heterocycles. The number of nitrogens with zero attached hydrogens (tertiary/aromatic N) is 1. The molecule has 6 rings (SSSR count). The van der Waals surface area contributed by atoms with Crippen LogP contribution in [0.15, 0.2) is 76.3 Å². The van der Waals surface area contributed by atoms with Crippen molar-refractivity contribution in [2.75, 3.05) is 12.8 Å². The Labute approximate surface area is 220 Å². The molecule has 3 aliphatic heterocycles. The molecular weight excluding hydrogens is 464 g/mol. The summed E-state index contributed by atoms with van der Waals surface area (Å²) in [4.78, 5) is 16.6. The highest BCUT2D eigenvalue weighted by molar-refractivity contribution is 7.98. The molecule has 0 aromatic heterocycles. The van der Waals surface area contributed by atoms with Crippen LogP contribution in [-0.2, 0) is 11.3 Å². The summed E-state index contributed by atoms with van der Waals surface area (Å²) in [6.45, 7) is 5.58. The molecule has 0 bridgehead atoms. The summed E-state index contributed by atoms with van der Waals surface area (Å²) in [5.74, 6) is 1.55. The first-order valence-electron chi connectivity index (χ1n) is 13.7. The number of allylic oxidation sites excluding steroid dienone is 4. The van der Waals surface area contributed by atoms with Gasteiger partial charge in [-0.2, -0.15) is 0 Å². The number of amides is 1. The average molecular weight is 505 g/mol. The van der Waals surface area contributed by atoms with Gasteiger partial charge in [-0.15, -0.1) is 11.8 Å². The molecule has 5 aliphatic rings. The maximum Gasteiger partial charge on any atom is 0.246 e. The molecule has 1 aromatic carbocycles. The highest BCUT2D eigenvalue weighted by Gasteiger charge is 2.37. The van der Waals surface area contributed by atoms with Crippen molar-refractivity contribution in [1.29, 1.82) is 0 Å². The molecule has 2 saturated carbocycles. The first-order valence-corrected chi connectivity index (χ1v) is 15.0. The van der Waals surface area contributed by atoms with Crippen LogP contribution < -0.4 is 16.0 Å². The van der Waals surface area contributed by atoms with Crippen molar-refractivity contribution >= 4 is 17.7 Å². The van der Waals surface area contributed by atoms with Gasteiger partial charge in [-0.05, 0) is 92.5 Å². The third-order valence-electron chi connectivity index (χ3n) is 7.54. The number of nitrogens with one attached hydrogen (secondary N) is 3. The lowest BCUT2D eigenvalue weighted by Crippen LogP contribution is -2.46. The van der Waals surface area contributed by atoms with E-state index in [1.807, 2.05) is 19.9 Å². The Morgan fingerprint density at radius 1 is 1.11 bits per heavy atom. The van der Waals surface area contributed by atoms with Crippen LogP contribution in [0.4, 0.5) is 0 Å². The van der Waals surface area contributed by atoms with E-state index >= 15 is 0 Å². The predicted molar refractivity (Wildman–Crippen MR) is 149 cm³/mol. The largest absolute Gasteiger partial charge is 0.381 e. The van der Waals surface area contributed by atoms with Crippen LogP contribution in [0.2, 0.25) is 0 Å². The predicted octanol–water partition coefficient (Wildman–Crippen LogP) is 5.45. The van der Waals surface area contributed by atoms with Crippen LogP contribution in [0.1, 0.15) is 57.9 Å². The Hall–Kier alpha value is -2.60. The van der Waals surface area contributed by atoms with Crippen molar-refractivity contribution in [2.24, 2.45) is 11.8 Å². The van der Waals surface area contributed by atoms with Crippen LogP contribution in [0.3, 0.4) is 0 Å². The first kappa shape index (κ1) is 25.1. The Bertz CT molecular complexity index is 1080. The van der Waals surface area contributed by atoms with E-state index in [1.54, 1.807) is 11.8 Å². The Balaban J connectivity index is 0.00000130. The van der Waals surface area contributed by atoms with Gasteiger partial charge in [-0.3, -0.25) is 4.79 Å². The molecule has 2 unspecified atom stereocenters. The van der Waals surface area contributed by atoms with E-state index in [1.165, 1.54) is 53.4 Å². The van der Waals surface area contributed by atoms with Gasteiger partial charge >= 0.3 is 0 Å². The Morgan fingerprint density at radius 2 is 1.89 bits per heavy atom. The molecule has 2 aliphatic carbocycles. The third kappa shape index (κ3) is 5.69. The van der Waals surface area contributed by atoms with E-state index in [4.69, 9.17) is 0 Å². The van der Waals surface area contributed by atoms with Crippen molar-refractivity contribution in [3.63, 3.8) is 0 Å². The van der Waals surface area contributed by atoms with Crippen LogP contribution in [-0.4, -0.2) is 35.7 Å². The zero-order valence-electron chi connectivity index (χ0n) is 21.8. The topological polar surface area (TPSA) is 56.4 Å². The molecule has 3 heterocycles. The minimum absolute atomic E-state index is 0.0275. The number of rotatable bonds is 7. The zero-order valence-corrected chi connectivity index (χ0v) is 22.7. The summed E-state index contributed by atoms with van der Waals surface area (Å²) >= 11 is 1.73. The van der Waals surface area contributed by atoms with Gasteiger partial charge in [0.25, 0.3) is 0 Å². The molecule has 0 spiro atoms. The standard InChI is InChI=1S/C28H34N4OS.C2H6/c1-34-22-10-4-18(5-11-22)17-29-28(33)24-12-13-27-23(30-24)3-2-14-32(27)21-15-25(19-6-7-19)31-26(16-21)20-8-9-20;1-2/h4-5,10-13,15-16,19-20,24-25,30-31H,2-3,6-9,14,17H2,1H3,(H,29,33);1-2H3. The molecule has 6 heteroatoms. The van der Waals surface area contributed by atoms with Gasteiger partial charge in [0.2, 0.25) is 5.91 Å². The summed E-state index contributed by atoms with van der Waals surface area (Å²) in [7, 11) is 0. The van der Waals surface area contributed by atoms with Crippen LogP contribution in [0.25, 0.3) is 0 Å². The summed E-state index contributed by atoms with van der Waals surface area (Å²) in [6, 6.07) is 8.53. The van der Waals surface area contributed by atoms with Gasteiger partial charge < -0.3 is 20.9 Å². The summed E-state index contributed by atoms with van der Waals surface area (Å²) < 4.78 is 0. The van der Waals surface area contributed by atoms with Crippen molar-refractivity contribution in [3.8, 4) is 0 Å². The SMILES string of the molecule is CC.CSc1ccc(CNC(=O)C2C=CC3=C(CCCN3C3=CC(C4CC4)NC(C4CC4)=C3)N2)cc1. The zero-order chi connectivity index (χ0) is 25.1. The van der Waals surface area contributed by atoms with Gasteiger partial charge in [-0.1, -0.05) is 32.1 Å². The molecule has 192 valence electrons. The summed E-state index contributed by atoms with van der Waals surface area (Å²) in [6.07, 6.45) is 18.5. The number of dihydropyridines is 2. The second kappa shape index (κ2) is 11.2. The lowest BCUT2D eigenvalue weighted by Gasteiger charge is -2.39. The second-order valence-corrected chi connectivity index (χ2v) is 11.0. The number of carbonyl (C=O) groups excluding carboxylic acids is 1. The molecule has 3 N–H and O–H groups in total. The maximum atomic E-state index is 12.9. The molecule has 0 radical (unpaired) electrons. The average Bonchev–Trinajstić information content (AvgIpc) is 3.85. The lowest BCUT2D eigenvalue weighted by molar-refractivity contribution is -0.122. The van der Waals surface area contributed by atoms with Gasteiger partial charge in [-0.25, -0.2) is 0 Å². The fourth-order valence-electron chi connectivity index (χ4n) is 5.22. The minimum Gasteiger partial charge on any atom is -0.381 e.